The number of primary amides is 1. The maximum absolute atomic E-state index is 13.4. The van der Waals surface area contributed by atoms with E-state index in [9.17, 15) is 22.8 Å². The second kappa shape index (κ2) is 8.66. The lowest BCUT2D eigenvalue weighted by atomic mass is 9.70. The fourth-order valence-electron chi connectivity index (χ4n) is 5.11. The molecule has 34 heavy (non-hydrogen) atoms. The van der Waals surface area contributed by atoms with Gasteiger partial charge in [-0.1, -0.05) is 0 Å². The molecule has 1 aromatic heterocycles. The standard InChI is InChI=1S/C23H25F3N6O2/c1-2-32-8-5-19(29-32)21(34)31-13-18(20(28)33)22(14-31)6-9-30(10-7-22)16-4-3-15(12-27)17(11-16)23(24,25)26/h3-5,8,11,18H,2,6-7,9-10,13-14H2,1H3,(H2,28,33). The third-order valence-electron chi connectivity index (χ3n) is 7.02. The molecule has 2 aliphatic heterocycles. The first-order valence-corrected chi connectivity index (χ1v) is 11.1. The molecule has 2 saturated heterocycles. The zero-order valence-corrected chi connectivity index (χ0v) is 18.7. The first kappa shape index (κ1) is 23.6. The van der Waals surface area contributed by atoms with E-state index in [0.29, 0.717) is 50.4 Å². The van der Waals surface area contributed by atoms with Crippen LogP contribution in [0.3, 0.4) is 0 Å². The van der Waals surface area contributed by atoms with Crippen molar-refractivity contribution in [1.82, 2.24) is 14.7 Å². The zero-order chi connectivity index (χ0) is 24.7. The minimum atomic E-state index is -4.63. The fourth-order valence-corrected chi connectivity index (χ4v) is 5.11. The summed E-state index contributed by atoms with van der Waals surface area (Å²) in [6.45, 7) is 3.88. The Hall–Kier alpha value is -3.55. The molecule has 1 aromatic carbocycles. The Labute approximate surface area is 194 Å². The number of hydrogen-bond acceptors (Lipinski definition) is 5. The monoisotopic (exact) mass is 474 g/mol. The van der Waals surface area contributed by atoms with Crippen molar-refractivity contribution < 1.29 is 22.8 Å². The van der Waals surface area contributed by atoms with Crippen LogP contribution in [0, 0.1) is 22.7 Å². The van der Waals surface area contributed by atoms with Crippen LogP contribution in [0.4, 0.5) is 18.9 Å². The van der Waals surface area contributed by atoms with Gasteiger partial charge >= 0.3 is 6.18 Å². The number of carbonyl (C=O) groups is 2. The van der Waals surface area contributed by atoms with Crippen molar-refractivity contribution in [2.75, 3.05) is 31.1 Å². The van der Waals surface area contributed by atoms with E-state index in [0.717, 1.165) is 6.07 Å². The molecule has 2 fully saturated rings. The molecule has 0 aliphatic carbocycles. The summed E-state index contributed by atoms with van der Waals surface area (Å²) < 4.78 is 41.8. The Kier molecular flexibility index (Phi) is 6.02. The molecular formula is C23H25F3N6O2. The van der Waals surface area contributed by atoms with Crippen LogP contribution in [0.5, 0.6) is 0 Å². The van der Waals surface area contributed by atoms with Gasteiger partial charge in [-0.3, -0.25) is 14.3 Å². The number of anilines is 1. The Balaban J connectivity index is 1.52. The van der Waals surface area contributed by atoms with Crippen molar-refractivity contribution in [2.24, 2.45) is 17.1 Å². The highest BCUT2D eigenvalue weighted by Gasteiger charge is 2.52. The maximum atomic E-state index is 13.4. The van der Waals surface area contributed by atoms with Crippen molar-refractivity contribution in [2.45, 2.75) is 32.5 Å². The van der Waals surface area contributed by atoms with Crippen molar-refractivity contribution in [1.29, 1.82) is 5.26 Å². The van der Waals surface area contributed by atoms with Crippen molar-refractivity contribution in [3.8, 4) is 6.07 Å². The lowest BCUT2D eigenvalue weighted by molar-refractivity contribution is -0.137. The van der Waals surface area contributed by atoms with Crippen molar-refractivity contribution in [3.05, 3.63) is 47.3 Å². The smallest absolute Gasteiger partial charge is 0.371 e. The number of benzene rings is 1. The van der Waals surface area contributed by atoms with Gasteiger partial charge in [-0.2, -0.15) is 23.5 Å². The number of amides is 2. The molecule has 1 spiro atoms. The summed E-state index contributed by atoms with van der Waals surface area (Å²) in [4.78, 5) is 28.7. The quantitative estimate of drug-likeness (QED) is 0.733. The molecule has 2 N–H and O–H groups in total. The van der Waals surface area contributed by atoms with Gasteiger partial charge in [0, 0.05) is 50.0 Å². The van der Waals surface area contributed by atoms with Gasteiger partial charge in [0.15, 0.2) is 0 Å². The summed E-state index contributed by atoms with van der Waals surface area (Å²) in [6.07, 6.45) is -1.92. The number of nitrogens with zero attached hydrogens (tertiary/aromatic N) is 5. The van der Waals surface area contributed by atoms with Gasteiger partial charge in [-0.25, -0.2) is 0 Å². The molecule has 2 aromatic rings. The SMILES string of the molecule is CCn1ccc(C(=O)N2CC(C(N)=O)C3(CCN(c4ccc(C#N)c(C(F)(F)F)c4)CC3)C2)n1. The van der Waals surface area contributed by atoms with Crippen LogP contribution in [-0.2, 0) is 17.5 Å². The molecule has 2 amide bonds. The van der Waals surface area contributed by atoms with Crippen LogP contribution < -0.4 is 10.6 Å². The van der Waals surface area contributed by atoms with Gasteiger partial charge in [0.05, 0.1) is 23.1 Å². The van der Waals surface area contributed by atoms with Gasteiger partial charge in [0.2, 0.25) is 5.91 Å². The second-order valence-electron chi connectivity index (χ2n) is 8.89. The summed E-state index contributed by atoms with van der Waals surface area (Å²) in [7, 11) is 0. The van der Waals surface area contributed by atoms with Crippen LogP contribution in [0.15, 0.2) is 30.5 Å². The van der Waals surface area contributed by atoms with Gasteiger partial charge in [-0.15, -0.1) is 0 Å². The number of aromatic nitrogens is 2. The van der Waals surface area contributed by atoms with Crippen LogP contribution in [0.25, 0.3) is 0 Å². The van der Waals surface area contributed by atoms with Crippen molar-refractivity contribution in [3.63, 3.8) is 0 Å². The molecule has 4 rings (SSSR count). The van der Waals surface area contributed by atoms with Gasteiger partial charge in [0.25, 0.3) is 5.91 Å². The molecule has 11 heteroatoms. The van der Waals surface area contributed by atoms with E-state index in [-0.39, 0.29) is 12.5 Å². The number of nitriles is 1. The fraction of sp³-hybridized carbons (Fsp3) is 0.478. The molecule has 1 atom stereocenters. The summed E-state index contributed by atoms with van der Waals surface area (Å²) in [5, 5.41) is 13.3. The van der Waals surface area contributed by atoms with Crippen LogP contribution in [0.1, 0.15) is 41.4 Å². The summed E-state index contributed by atoms with van der Waals surface area (Å²) in [5.74, 6) is -1.29. The van der Waals surface area contributed by atoms with E-state index in [4.69, 9.17) is 11.0 Å². The third kappa shape index (κ3) is 4.20. The minimum absolute atomic E-state index is 0.197. The van der Waals surface area contributed by atoms with Crippen LogP contribution >= 0.6 is 0 Å². The summed E-state index contributed by atoms with van der Waals surface area (Å²) in [6, 6.07) is 6.91. The normalized spacial score (nSPS) is 19.9. The number of nitrogens with two attached hydrogens (primary N) is 1. The molecule has 0 bridgehead atoms. The molecule has 0 radical (unpaired) electrons. The Morgan fingerprint density at radius 2 is 1.97 bits per heavy atom. The predicted molar refractivity (Wildman–Crippen MR) is 117 cm³/mol. The lowest BCUT2D eigenvalue weighted by Crippen LogP contribution is -2.47. The molecule has 2 aliphatic rings. The average Bonchev–Trinajstić information content (AvgIpc) is 3.43. The number of likely N-dealkylation sites (tertiary alicyclic amines) is 1. The Morgan fingerprint density at radius 1 is 1.26 bits per heavy atom. The van der Waals surface area contributed by atoms with Crippen LogP contribution in [0.2, 0.25) is 0 Å². The number of halogens is 3. The average molecular weight is 474 g/mol. The topological polar surface area (TPSA) is 108 Å². The molecule has 3 heterocycles. The number of aryl methyl sites for hydroxylation is 1. The van der Waals surface area contributed by atoms with Gasteiger partial charge < -0.3 is 15.5 Å². The molecular weight excluding hydrogens is 449 g/mol. The summed E-state index contributed by atoms with van der Waals surface area (Å²) >= 11 is 0. The van der Waals surface area contributed by atoms with E-state index in [1.807, 2.05) is 11.8 Å². The van der Waals surface area contributed by atoms with E-state index in [1.54, 1.807) is 27.9 Å². The van der Waals surface area contributed by atoms with E-state index in [1.165, 1.54) is 12.1 Å². The van der Waals surface area contributed by atoms with E-state index in [2.05, 4.69) is 5.10 Å². The molecule has 1 unspecified atom stereocenters. The largest absolute Gasteiger partial charge is 0.417 e. The first-order chi connectivity index (χ1) is 16.1. The second-order valence-corrected chi connectivity index (χ2v) is 8.89. The lowest BCUT2D eigenvalue weighted by Gasteiger charge is -2.42. The number of alkyl halides is 3. The van der Waals surface area contributed by atoms with E-state index < -0.39 is 34.5 Å². The predicted octanol–water partition coefficient (Wildman–Crippen LogP) is 2.64. The molecule has 180 valence electrons. The Morgan fingerprint density at radius 3 is 2.53 bits per heavy atom. The highest BCUT2D eigenvalue weighted by molar-refractivity contribution is 5.93. The number of rotatable bonds is 4. The third-order valence-corrected chi connectivity index (χ3v) is 7.02. The van der Waals surface area contributed by atoms with Crippen molar-refractivity contribution >= 4 is 17.5 Å². The molecule has 0 saturated carbocycles. The van der Waals surface area contributed by atoms with Crippen LogP contribution in [-0.4, -0.2) is 52.7 Å². The van der Waals surface area contributed by atoms with Gasteiger partial charge in [-0.05, 0) is 44.0 Å². The minimum Gasteiger partial charge on any atom is -0.371 e. The Bertz CT molecular complexity index is 1140. The number of carbonyl (C=O) groups excluding carboxylic acids is 2. The molecule has 8 nitrogen and oxygen atoms in total. The van der Waals surface area contributed by atoms with E-state index >= 15 is 0 Å². The summed E-state index contributed by atoms with van der Waals surface area (Å²) in [5.41, 5.74) is 4.46. The highest BCUT2D eigenvalue weighted by Crippen LogP contribution is 2.46. The maximum Gasteiger partial charge on any atom is 0.417 e. The van der Waals surface area contributed by atoms with Gasteiger partial charge in [0.1, 0.15) is 5.69 Å². The number of hydrogen-bond donors (Lipinski definition) is 1. The first-order valence-electron chi connectivity index (χ1n) is 11.1. The highest BCUT2D eigenvalue weighted by atomic mass is 19.4. The number of piperidine rings is 1. The zero-order valence-electron chi connectivity index (χ0n) is 18.7.